The van der Waals surface area contributed by atoms with Gasteiger partial charge in [0.1, 0.15) is 0 Å². The Morgan fingerprint density at radius 2 is 1.61 bits per heavy atom. The molecule has 0 unspecified atom stereocenters. The van der Waals surface area contributed by atoms with Crippen LogP contribution in [0.4, 0.5) is 5.69 Å². The van der Waals surface area contributed by atoms with Gasteiger partial charge in [-0.1, -0.05) is 57.2 Å². The first-order valence-electron chi connectivity index (χ1n) is 9.82. The first kappa shape index (κ1) is 19.9. The molecular formula is C24H28N2O2. The van der Waals surface area contributed by atoms with Crippen molar-refractivity contribution in [2.45, 2.75) is 39.0 Å². The number of rotatable bonds is 4. The first-order valence-corrected chi connectivity index (χ1v) is 9.82. The second-order valence-electron chi connectivity index (χ2n) is 8.24. The minimum atomic E-state index is -0.249. The van der Waals surface area contributed by atoms with Gasteiger partial charge in [0.25, 0.3) is 5.91 Å². The third-order valence-corrected chi connectivity index (χ3v) is 5.01. The number of para-hydroxylation sites is 1. The van der Waals surface area contributed by atoms with Crippen LogP contribution in [0.15, 0.2) is 54.6 Å². The number of hydrogen-bond acceptors (Lipinski definition) is 2. The smallest absolute Gasteiger partial charge is 0.255 e. The van der Waals surface area contributed by atoms with Gasteiger partial charge in [0, 0.05) is 19.2 Å². The van der Waals surface area contributed by atoms with Crippen LogP contribution in [-0.2, 0) is 10.2 Å². The third kappa shape index (κ3) is 4.89. The quantitative estimate of drug-likeness (QED) is 0.774. The van der Waals surface area contributed by atoms with Gasteiger partial charge in [-0.25, -0.2) is 0 Å². The van der Waals surface area contributed by atoms with Crippen LogP contribution < -0.4 is 5.32 Å². The average molecular weight is 377 g/mol. The minimum Gasteiger partial charge on any atom is -0.339 e. The lowest BCUT2D eigenvalue weighted by atomic mass is 9.87. The van der Waals surface area contributed by atoms with Gasteiger partial charge in [0.05, 0.1) is 11.3 Å². The highest BCUT2D eigenvalue weighted by atomic mass is 16.2. The molecule has 0 atom stereocenters. The van der Waals surface area contributed by atoms with Crippen LogP contribution in [-0.4, -0.2) is 29.8 Å². The van der Waals surface area contributed by atoms with Crippen molar-refractivity contribution in [2.24, 2.45) is 0 Å². The summed E-state index contributed by atoms with van der Waals surface area (Å²) in [6.45, 7) is 8.09. The molecule has 1 heterocycles. The Kier molecular flexibility index (Phi) is 5.98. The molecule has 146 valence electrons. The van der Waals surface area contributed by atoms with E-state index >= 15 is 0 Å². The predicted octanol–water partition coefficient (Wildman–Crippen LogP) is 4.87. The molecule has 4 heteroatoms. The molecule has 0 aliphatic carbocycles. The van der Waals surface area contributed by atoms with E-state index in [1.807, 2.05) is 29.2 Å². The summed E-state index contributed by atoms with van der Waals surface area (Å²) in [7, 11) is 0. The van der Waals surface area contributed by atoms with Crippen molar-refractivity contribution < 1.29 is 9.59 Å². The van der Waals surface area contributed by atoms with E-state index in [0.29, 0.717) is 11.3 Å². The van der Waals surface area contributed by atoms with Crippen LogP contribution in [0, 0.1) is 0 Å². The highest BCUT2D eigenvalue weighted by molar-refractivity contribution is 6.07. The Hall–Kier alpha value is -2.88. The molecule has 0 bridgehead atoms. The summed E-state index contributed by atoms with van der Waals surface area (Å²) < 4.78 is 0. The lowest BCUT2D eigenvalue weighted by molar-refractivity contribution is -0.111. The number of carbonyl (C=O) groups is 2. The summed E-state index contributed by atoms with van der Waals surface area (Å²) in [6.07, 6.45) is 5.36. The second-order valence-corrected chi connectivity index (χ2v) is 8.24. The van der Waals surface area contributed by atoms with Crippen molar-refractivity contribution in [2.75, 3.05) is 18.4 Å². The third-order valence-electron chi connectivity index (χ3n) is 5.01. The summed E-state index contributed by atoms with van der Waals surface area (Å²) in [5.41, 5.74) is 3.41. The summed E-state index contributed by atoms with van der Waals surface area (Å²) in [4.78, 5) is 26.9. The molecular weight excluding hydrogens is 348 g/mol. The Bertz CT molecular complexity index is 870. The number of carbonyl (C=O) groups excluding carboxylic acids is 2. The Morgan fingerprint density at radius 1 is 0.964 bits per heavy atom. The number of nitrogens with zero attached hydrogens (tertiary/aromatic N) is 1. The van der Waals surface area contributed by atoms with Crippen LogP contribution in [0.5, 0.6) is 0 Å². The molecule has 1 aliphatic rings. The summed E-state index contributed by atoms with van der Waals surface area (Å²) in [6, 6.07) is 15.4. The molecule has 0 spiro atoms. The topological polar surface area (TPSA) is 49.4 Å². The van der Waals surface area contributed by atoms with Crippen molar-refractivity contribution in [3.05, 3.63) is 71.3 Å². The molecule has 0 radical (unpaired) electrons. The van der Waals surface area contributed by atoms with Gasteiger partial charge >= 0.3 is 0 Å². The van der Waals surface area contributed by atoms with Gasteiger partial charge in [-0.2, -0.15) is 0 Å². The van der Waals surface area contributed by atoms with E-state index in [4.69, 9.17) is 0 Å². The summed E-state index contributed by atoms with van der Waals surface area (Å²) in [5, 5.41) is 2.85. The minimum absolute atomic E-state index is 0.0184. The van der Waals surface area contributed by atoms with Crippen LogP contribution in [0.3, 0.4) is 0 Å². The van der Waals surface area contributed by atoms with E-state index in [1.54, 1.807) is 18.2 Å². The zero-order chi connectivity index (χ0) is 20.1. The largest absolute Gasteiger partial charge is 0.339 e. The zero-order valence-electron chi connectivity index (χ0n) is 16.9. The summed E-state index contributed by atoms with van der Waals surface area (Å²) >= 11 is 0. The van der Waals surface area contributed by atoms with E-state index in [9.17, 15) is 9.59 Å². The van der Waals surface area contributed by atoms with Crippen molar-refractivity contribution in [1.29, 1.82) is 0 Å². The Labute approximate surface area is 167 Å². The zero-order valence-corrected chi connectivity index (χ0v) is 16.9. The summed E-state index contributed by atoms with van der Waals surface area (Å²) in [5.74, 6) is -0.267. The average Bonchev–Trinajstić information content (AvgIpc) is 3.21. The van der Waals surface area contributed by atoms with E-state index in [-0.39, 0.29) is 17.2 Å². The van der Waals surface area contributed by atoms with Crippen LogP contribution in [0.2, 0.25) is 0 Å². The molecule has 2 aromatic rings. The van der Waals surface area contributed by atoms with Crippen LogP contribution >= 0.6 is 0 Å². The van der Waals surface area contributed by atoms with E-state index in [2.05, 4.69) is 38.2 Å². The van der Waals surface area contributed by atoms with Gasteiger partial charge in [0.15, 0.2) is 0 Å². The molecule has 2 aromatic carbocycles. The monoisotopic (exact) mass is 376 g/mol. The number of amides is 2. The fourth-order valence-electron chi connectivity index (χ4n) is 3.31. The number of hydrogen-bond donors (Lipinski definition) is 1. The number of nitrogens with one attached hydrogen (secondary N) is 1. The highest BCUT2D eigenvalue weighted by Gasteiger charge is 2.22. The molecule has 0 saturated carbocycles. The molecule has 2 amide bonds. The molecule has 1 saturated heterocycles. The van der Waals surface area contributed by atoms with Crippen molar-refractivity contribution >= 4 is 23.6 Å². The van der Waals surface area contributed by atoms with E-state index < -0.39 is 0 Å². The van der Waals surface area contributed by atoms with Gasteiger partial charge in [0.2, 0.25) is 5.91 Å². The van der Waals surface area contributed by atoms with Crippen LogP contribution in [0.1, 0.15) is 55.1 Å². The molecule has 28 heavy (non-hydrogen) atoms. The lowest BCUT2D eigenvalue weighted by Crippen LogP contribution is -2.28. The standard InChI is InChI=1S/C24H28N2O2/c1-24(2,3)19-13-10-18(11-14-19)12-15-22(27)25-21-9-5-4-8-20(21)23(28)26-16-6-7-17-26/h4-5,8-15H,6-7,16-17H2,1-3H3,(H,25,27)/b15-12+. The molecule has 0 aromatic heterocycles. The maximum atomic E-state index is 12.7. The fourth-order valence-corrected chi connectivity index (χ4v) is 3.31. The fraction of sp³-hybridized carbons (Fsp3) is 0.333. The van der Waals surface area contributed by atoms with E-state index in [1.165, 1.54) is 11.6 Å². The van der Waals surface area contributed by atoms with Crippen molar-refractivity contribution in [1.82, 2.24) is 4.90 Å². The van der Waals surface area contributed by atoms with Crippen LogP contribution in [0.25, 0.3) is 6.08 Å². The van der Waals surface area contributed by atoms with Crippen molar-refractivity contribution in [3.63, 3.8) is 0 Å². The highest BCUT2D eigenvalue weighted by Crippen LogP contribution is 2.23. The SMILES string of the molecule is CC(C)(C)c1ccc(/C=C/C(=O)Nc2ccccc2C(=O)N2CCCC2)cc1. The maximum Gasteiger partial charge on any atom is 0.255 e. The van der Waals surface area contributed by atoms with Gasteiger partial charge in [-0.3, -0.25) is 9.59 Å². The predicted molar refractivity (Wildman–Crippen MR) is 114 cm³/mol. The lowest BCUT2D eigenvalue weighted by Gasteiger charge is -2.18. The van der Waals surface area contributed by atoms with Crippen molar-refractivity contribution in [3.8, 4) is 0 Å². The number of benzene rings is 2. The molecule has 1 N–H and O–H groups in total. The Morgan fingerprint density at radius 3 is 2.25 bits per heavy atom. The molecule has 3 rings (SSSR count). The van der Waals surface area contributed by atoms with Gasteiger partial charge in [-0.15, -0.1) is 0 Å². The number of likely N-dealkylation sites (tertiary alicyclic amines) is 1. The first-order chi connectivity index (χ1) is 13.3. The normalized spacial score (nSPS) is 14.5. The molecule has 1 fully saturated rings. The Balaban J connectivity index is 1.68. The maximum absolute atomic E-state index is 12.7. The second kappa shape index (κ2) is 8.42. The molecule has 4 nitrogen and oxygen atoms in total. The van der Waals surface area contributed by atoms with E-state index in [0.717, 1.165) is 31.5 Å². The number of anilines is 1. The van der Waals surface area contributed by atoms with Gasteiger partial charge in [-0.05, 0) is 47.6 Å². The molecule has 1 aliphatic heterocycles. The van der Waals surface area contributed by atoms with Gasteiger partial charge < -0.3 is 10.2 Å².